The molecule has 0 heterocycles. The number of nitrogens with zero attached hydrogens (tertiary/aromatic N) is 1. The molecule has 0 aromatic heterocycles. The Morgan fingerprint density at radius 1 is 1.38 bits per heavy atom. The Hall–Kier alpha value is -1.30. The Kier molecular flexibility index (Phi) is 7.50. The number of nitrogens with one attached hydrogen (secondary N) is 1. The zero-order valence-electron chi connectivity index (χ0n) is 12.5. The molecule has 118 valence electrons. The molecule has 5 N–H and O–H groups in total. The Labute approximate surface area is 130 Å². The van der Waals surface area contributed by atoms with Gasteiger partial charge in [-0.2, -0.15) is 0 Å². The largest absolute Gasteiger partial charge is 0.409 e. The minimum atomic E-state index is -0.352. The smallest absolute Gasteiger partial charge is 0.170 e. The fraction of sp³-hybridized carbons (Fsp3) is 0.533. The lowest BCUT2D eigenvalue weighted by Gasteiger charge is -2.20. The number of amidine groups is 1. The molecule has 1 atom stereocenters. The van der Waals surface area contributed by atoms with E-state index in [0.29, 0.717) is 29.6 Å². The third-order valence-electron chi connectivity index (χ3n) is 3.72. The molecule has 1 rings (SSSR count). The molecule has 0 saturated heterocycles. The average Bonchev–Trinajstić information content (AvgIpc) is 2.49. The highest BCUT2D eigenvalue weighted by molar-refractivity contribution is 6.31. The van der Waals surface area contributed by atoms with E-state index in [-0.39, 0.29) is 11.9 Å². The summed E-state index contributed by atoms with van der Waals surface area (Å²) >= 11 is 6.17. The van der Waals surface area contributed by atoms with Crippen molar-refractivity contribution in [3.63, 3.8) is 0 Å². The molecular weight excluding hydrogens is 290 g/mol. The van der Waals surface area contributed by atoms with Gasteiger partial charge in [0.15, 0.2) is 5.84 Å². The zero-order chi connectivity index (χ0) is 15.8. The molecule has 0 spiro atoms. The summed E-state index contributed by atoms with van der Waals surface area (Å²) in [7, 11) is 0. The maximum atomic E-state index is 10.0. The molecule has 0 saturated carbocycles. The van der Waals surface area contributed by atoms with Crippen LogP contribution >= 0.6 is 11.6 Å². The van der Waals surface area contributed by atoms with Crippen LogP contribution in [0.5, 0.6) is 0 Å². The summed E-state index contributed by atoms with van der Waals surface area (Å²) in [5.74, 6) is 0.344. The number of nitrogens with two attached hydrogens (primary N) is 1. The van der Waals surface area contributed by atoms with Crippen LogP contribution in [-0.2, 0) is 6.54 Å². The van der Waals surface area contributed by atoms with Gasteiger partial charge in [-0.15, -0.1) is 0 Å². The van der Waals surface area contributed by atoms with E-state index >= 15 is 0 Å². The molecule has 21 heavy (non-hydrogen) atoms. The Balaban J connectivity index is 2.57. The lowest BCUT2D eigenvalue weighted by Crippen LogP contribution is -2.32. The third kappa shape index (κ3) is 5.19. The van der Waals surface area contributed by atoms with Gasteiger partial charge in [-0.3, -0.25) is 0 Å². The van der Waals surface area contributed by atoms with E-state index in [9.17, 15) is 5.11 Å². The highest BCUT2D eigenvalue weighted by Gasteiger charge is 2.15. The first kappa shape index (κ1) is 17.8. The van der Waals surface area contributed by atoms with Crippen molar-refractivity contribution in [2.45, 2.75) is 39.3 Å². The van der Waals surface area contributed by atoms with Crippen molar-refractivity contribution in [3.8, 4) is 0 Å². The van der Waals surface area contributed by atoms with Gasteiger partial charge in [-0.25, -0.2) is 0 Å². The van der Waals surface area contributed by atoms with Crippen LogP contribution in [0.2, 0.25) is 5.02 Å². The average molecular weight is 314 g/mol. The van der Waals surface area contributed by atoms with E-state index in [4.69, 9.17) is 22.5 Å². The minimum absolute atomic E-state index is 0.0283. The van der Waals surface area contributed by atoms with Gasteiger partial charge in [0.2, 0.25) is 0 Å². The van der Waals surface area contributed by atoms with Crippen LogP contribution in [0.25, 0.3) is 0 Å². The highest BCUT2D eigenvalue weighted by Crippen LogP contribution is 2.18. The van der Waals surface area contributed by atoms with Crippen LogP contribution in [0.1, 0.15) is 37.8 Å². The molecular formula is C15H24ClN3O2. The van der Waals surface area contributed by atoms with Crippen molar-refractivity contribution >= 4 is 17.4 Å². The van der Waals surface area contributed by atoms with Crippen LogP contribution in [0.3, 0.4) is 0 Å². The maximum absolute atomic E-state index is 10.0. The van der Waals surface area contributed by atoms with Gasteiger partial charge < -0.3 is 21.4 Å². The van der Waals surface area contributed by atoms with Crippen LogP contribution < -0.4 is 11.1 Å². The van der Waals surface area contributed by atoms with E-state index in [0.717, 1.165) is 18.4 Å². The summed E-state index contributed by atoms with van der Waals surface area (Å²) in [6.07, 6.45) is 1.58. The number of rotatable bonds is 8. The van der Waals surface area contributed by atoms with Gasteiger partial charge in [0, 0.05) is 23.7 Å². The standard InChI is InChI=1S/C15H24ClN3O2/c1-3-10(4-2)14(20)9-18-8-12-6-5-11(7-13(12)16)15(17)19-21/h5-7,10,14,18,20-21H,3-4,8-9H2,1-2H3,(H2,17,19). The zero-order valence-corrected chi connectivity index (χ0v) is 13.3. The van der Waals surface area contributed by atoms with Crippen molar-refractivity contribution in [2.75, 3.05) is 6.54 Å². The van der Waals surface area contributed by atoms with Crippen molar-refractivity contribution in [3.05, 3.63) is 34.3 Å². The SMILES string of the molecule is CCC(CC)C(O)CNCc1ccc(/C(N)=N/O)cc1Cl. The number of benzene rings is 1. The molecule has 0 aliphatic rings. The van der Waals surface area contributed by atoms with E-state index < -0.39 is 0 Å². The van der Waals surface area contributed by atoms with Gasteiger partial charge in [-0.1, -0.05) is 55.6 Å². The summed E-state index contributed by atoms with van der Waals surface area (Å²) < 4.78 is 0. The number of hydrogen-bond acceptors (Lipinski definition) is 4. The first-order chi connectivity index (χ1) is 10.0. The lowest BCUT2D eigenvalue weighted by molar-refractivity contribution is 0.101. The molecule has 5 nitrogen and oxygen atoms in total. The van der Waals surface area contributed by atoms with Gasteiger partial charge in [0.25, 0.3) is 0 Å². The van der Waals surface area contributed by atoms with E-state index in [1.54, 1.807) is 12.1 Å². The van der Waals surface area contributed by atoms with E-state index in [2.05, 4.69) is 24.3 Å². The number of halogens is 1. The van der Waals surface area contributed by atoms with Gasteiger partial charge in [-0.05, 0) is 17.5 Å². The fourth-order valence-electron chi connectivity index (χ4n) is 2.26. The summed E-state index contributed by atoms with van der Waals surface area (Å²) in [4.78, 5) is 0. The molecule has 0 aliphatic carbocycles. The number of aliphatic hydroxyl groups excluding tert-OH is 1. The maximum Gasteiger partial charge on any atom is 0.170 e. The predicted octanol–water partition coefficient (Wildman–Crippen LogP) is 2.32. The quantitative estimate of drug-likeness (QED) is 0.256. The Morgan fingerprint density at radius 2 is 2.05 bits per heavy atom. The van der Waals surface area contributed by atoms with Crippen molar-refractivity contribution < 1.29 is 10.3 Å². The summed E-state index contributed by atoms with van der Waals surface area (Å²) in [5, 5.41) is 25.4. The Bertz CT molecular complexity index is 476. The summed E-state index contributed by atoms with van der Waals surface area (Å²) in [6, 6.07) is 5.23. The summed E-state index contributed by atoms with van der Waals surface area (Å²) in [6.45, 7) is 5.26. The fourth-order valence-corrected chi connectivity index (χ4v) is 2.51. The molecule has 0 amide bonds. The molecule has 0 aliphatic heterocycles. The number of aliphatic hydroxyl groups is 1. The van der Waals surface area contributed by atoms with Crippen molar-refractivity contribution in [1.82, 2.24) is 5.32 Å². The molecule has 6 heteroatoms. The van der Waals surface area contributed by atoms with E-state index in [1.165, 1.54) is 0 Å². The molecule has 0 radical (unpaired) electrons. The first-order valence-corrected chi connectivity index (χ1v) is 7.56. The second kappa shape index (κ2) is 8.87. The minimum Gasteiger partial charge on any atom is -0.409 e. The normalized spacial score (nSPS) is 13.7. The topological polar surface area (TPSA) is 90.9 Å². The van der Waals surface area contributed by atoms with Crippen LogP contribution in [0.15, 0.2) is 23.4 Å². The van der Waals surface area contributed by atoms with Gasteiger partial charge >= 0.3 is 0 Å². The first-order valence-electron chi connectivity index (χ1n) is 7.18. The lowest BCUT2D eigenvalue weighted by atomic mass is 9.96. The van der Waals surface area contributed by atoms with Crippen LogP contribution in [0.4, 0.5) is 0 Å². The second-order valence-corrected chi connectivity index (χ2v) is 5.47. The van der Waals surface area contributed by atoms with Gasteiger partial charge in [0.05, 0.1) is 6.10 Å². The highest BCUT2D eigenvalue weighted by atomic mass is 35.5. The molecule has 1 aromatic rings. The van der Waals surface area contributed by atoms with Crippen LogP contribution in [0, 0.1) is 5.92 Å². The second-order valence-electron chi connectivity index (χ2n) is 5.07. The van der Waals surface area contributed by atoms with Crippen LogP contribution in [-0.4, -0.2) is 28.8 Å². The Morgan fingerprint density at radius 3 is 2.57 bits per heavy atom. The molecule has 0 fully saturated rings. The van der Waals surface area contributed by atoms with Crippen molar-refractivity contribution in [2.24, 2.45) is 16.8 Å². The summed E-state index contributed by atoms with van der Waals surface area (Å²) in [5.41, 5.74) is 6.99. The third-order valence-corrected chi connectivity index (χ3v) is 4.07. The van der Waals surface area contributed by atoms with Gasteiger partial charge in [0.1, 0.15) is 0 Å². The number of oxime groups is 1. The van der Waals surface area contributed by atoms with E-state index in [1.807, 2.05) is 6.07 Å². The molecule has 1 unspecified atom stereocenters. The molecule has 0 bridgehead atoms. The number of hydrogen-bond donors (Lipinski definition) is 4. The monoisotopic (exact) mass is 313 g/mol. The predicted molar refractivity (Wildman–Crippen MR) is 85.7 cm³/mol. The van der Waals surface area contributed by atoms with Crippen molar-refractivity contribution in [1.29, 1.82) is 0 Å². The molecule has 1 aromatic carbocycles.